The maximum Gasteiger partial charge on any atom is 0.408 e. The maximum absolute atomic E-state index is 13.2. The molecule has 1 aromatic heterocycles. The summed E-state index contributed by atoms with van der Waals surface area (Å²) < 4.78 is 10.6. The van der Waals surface area contributed by atoms with Gasteiger partial charge in [-0.25, -0.2) is 4.79 Å². The number of halogens is 1. The van der Waals surface area contributed by atoms with Gasteiger partial charge in [0.2, 0.25) is 5.91 Å². The Morgan fingerprint density at radius 2 is 1.73 bits per heavy atom. The van der Waals surface area contributed by atoms with E-state index in [0.717, 1.165) is 24.2 Å². The Morgan fingerprint density at radius 3 is 2.38 bits per heavy atom. The van der Waals surface area contributed by atoms with Gasteiger partial charge >= 0.3 is 6.09 Å². The molecule has 8 nitrogen and oxygen atoms in total. The van der Waals surface area contributed by atoms with E-state index in [1.54, 1.807) is 6.26 Å². The molecule has 2 amide bonds. The molecule has 2 rings (SSSR count). The number of amides is 2. The number of hydrogen-bond donors (Lipinski definition) is 3. The van der Waals surface area contributed by atoms with Crippen molar-refractivity contribution in [1.29, 1.82) is 0 Å². The summed E-state index contributed by atoms with van der Waals surface area (Å²) in [6.07, 6.45) is 4.95. The van der Waals surface area contributed by atoms with Gasteiger partial charge in [-0.3, -0.25) is 9.59 Å². The highest BCUT2D eigenvalue weighted by Crippen LogP contribution is 2.15. The Balaban J connectivity index is 0.00000684. The number of furan rings is 1. The quantitative estimate of drug-likeness (QED) is 0.252. The number of hydrogen-bond acceptors (Lipinski definition) is 7. The molecule has 0 spiro atoms. The van der Waals surface area contributed by atoms with Gasteiger partial charge in [0.1, 0.15) is 18.4 Å². The van der Waals surface area contributed by atoms with Gasteiger partial charge < -0.3 is 25.5 Å². The first-order valence-corrected chi connectivity index (χ1v) is 13.7. The van der Waals surface area contributed by atoms with Crippen molar-refractivity contribution in [3.05, 3.63) is 60.1 Å². The molecule has 4 N–H and O–H groups in total. The van der Waals surface area contributed by atoms with Crippen molar-refractivity contribution in [1.82, 2.24) is 10.6 Å². The number of rotatable bonds is 17. The summed E-state index contributed by atoms with van der Waals surface area (Å²) in [5, 5.41) is 5.57. The fourth-order valence-corrected chi connectivity index (χ4v) is 4.43. The highest BCUT2D eigenvalue weighted by molar-refractivity contribution is 7.99. The van der Waals surface area contributed by atoms with Crippen LogP contribution in [0.1, 0.15) is 63.7 Å². The van der Waals surface area contributed by atoms with Crippen LogP contribution in [0.15, 0.2) is 53.1 Å². The Labute approximate surface area is 230 Å². The van der Waals surface area contributed by atoms with Crippen LogP contribution in [0.3, 0.4) is 0 Å². The van der Waals surface area contributed by atoms with E-state index in [1.165, 1.54) is 11.8 Å². The largest absolute Gasteiger partial charge is 0.468 e. The Hall–Kier alpha value is -2.49. The lowest BCUT2D eigenvalue weighted by Crippen LogP contribution is -2.52. The molecule has 3 atom stereocenters. The van der Waals surface area contributed by atoms with E-state index in [2.05, 4.69) is 10.6 Å². The second kappa shape index (κ2) is 18.7. The minimum Gasteiger partial charge on any atom is -0.468 e. The Morgan fingerprint density at radius 1 is 1.00 bits per heavy atom. The molecule has 1 heterocycles. The summed E-state index contributed by atoms with van der Waals surface area (Å²) in [5.41, 5.74) is 6.71. The van der Waals surface area contributed by atoms with Gasteiger partial charge in [0.15, 0.2) is 5.78 Å². The molecule has 206 valence electrons. The van der Waals surface area contributed by atoms with E-state index >= 15 is 0 Å². The minimum atomic E-state index is -0.820. The summed E-state index contributed by atoms with van der Waals surface area (Å²) in [5.74, 6) is 1.21. The molecule has 0 aliphatic carbocycles. The van der Waals surface area contributed by atoms with Gasteiger partial charge in [-0.1, -0.05) is 50.1 Å². The van der Waals surface area contributed by atoms with Crippen LogP contribution in [0.2, 0.25) is 0 Å². The zero-order valence-corrected chi connectivity index (χ0v) is 23.3. The zero-order chi connectivity index (χ0) is 26.2. The van der Waals surface area contributed by atoms with Crippen LogP contribution >= 0.6 is 24.2 Å². The first-order chi connectivity index (χ1) is 17.4. The molecular formula is C27H40ClN3O5S. The molecule has 0 radical (unpaired) electrons. The Bertz CT molecular complexity index is 912. The summed E-state index contributed by atoms with van der Waals surface area (Å²) >= 11 is 1.45. The fourth-order valence-electron chi connectivity index (χ4n) is 3.56. The van der Waals surface area contributed by atoms with E-state index in [1.807, 2.05) is 56.3 Å². The van der Waals surface area contributed by atoms with Crippen LogP contribution in [0.25, 0.3) is 0 Å². The number of ether oxygens (including phenoxy) is 1. The molecule has 10 heteroatoms. The summed E-state index contributed by atoms with van der Waals surface area (Å²) in [6, 6.07) is 11.6. The van der Waals surface area contributed by atoms with Crippen LogP contribution in [-0.4, -0.2) is 41.7 Å². The summed E-state index contributed by atoms with van der Waals surface area (Å²) in [4.78, 5) is 38.6. The van der Waals surface area contributed by atoms with Gasteiger partial charge in [0.25, 0.3) is 0 Å². The minimum absolute atomic E-state index is 0. The van der Waals surface area contributed by atoms with E-state index in [0.29, 0.717) is 31.4 Å². The Kier molecular flexibility index (Phi) is 16.5. The number of ketones is 1. The third-order valence-electron chi connectivity index (χ3n) is 5.59. The molecule has 0 aliphatic rings. The third-order valence-corrected chi connectivity index (χ3v) is 6.57. The lowest BCUT2D eigenvalue weighted by molar-refractivity contribution is -0.128. The van der Waals surface area contributed by atoms with Crippen molar-refractivity contribution in [3.63, 3.8) is 0 Å². The number of carbonyl (C=O) groups excluding carboxylic acids is 3. The van der Waals surface area contributed by atoms with Crippen molar-refractivity contribution in [2.45, 2.75) is 82.9 Å². The van der Waals surface area contributed by atoms with Crippen molar-refractivity contribution in [2.75, 3.05) is 5.75 Å². The second-order valence-electron chi connectivity index (χ2n) is 8.91. The number of unbranched alkanes of at least 4 members (excludes halogenated alkanes) is 1. The highest BCUT2D eigenvalue weighted by Gasteiger charge is 2.27. The number of nitrogens with two attached hydrogens (primary N) is 1. The van der Waals surface area contributed by atoms with E-state index in [4.69, 9.17) is 14.9 Å². The number of alkyl carbamates (subject to hydrolysis) is 1. The van der Waals surface area contributed by atoms with Crippen LogP contribution in [0.5, 0.6) is 0 Å². The molecule has 0 bridgehead atoms. The van der Waals surface area contributed by atoms with Crippen LogP contribution in [0.4, 0.5) is 4.79 Å². The molecule has 0 saturated carbocycles. The molecule has 0 aliphatic heterocycles. The van der Waals surface area contributed by atoms with Crippen LogP contribution < -0.4 is 16.4 Å². The summed E-state index contributed by atoms with van der Waals surface area (Å²) in [7, 11) is 0. The summed E-state index contributed by atoms with van der Waals surface area (Å²) in [6.45, 7) is 4.04. The zero-order valence-electron chi connectivity index (χ0n) is 21.6. The fraction of sp³-hybridized carbons (Fsp3) is 0.519. The first-order valence-electron chi connectivity index (χ1n) is 12.5. The molecular weight excluding hydrogens is 514 g/mol. The van der Waals surface area contributed by atoms with Gasteiger partial charge in [-0.15, -0.1) is 24.2 Å². The first kappa shape index (κ1) is 32.5. The standard InChI is InChI=1S/C27H39N3O5S.ClH/c1-3-4-14-23(25(31)19-36-18-22-13-9-16-34-22)29-26(32)24(15-8-10-20(2)28)30-27(33)35-17-21-11-6-5-7-12-21;/h5-7,9,11-13,16,20,23-24H,3-4,8,10,14-15,17-19,28H2,1-2H3,(H,29,32)(H,30,33);1H/t20?,23-,24?;/m0./s1. The van der Waals surface area contributed by atoms with E-state index in [-0.39, 0.29) is 42.5 Å². The molecule has 2 aromatic rings. The molecule has 0 saturated heterocycles. The smallest absolute Gasteiger partial charge is 0.408 e. The van der Waals surface area contributed by atoms with Crippen molar-refractivity contribution < 1.29 is 23.5 Å². The SMILES string of the molecule is CCCC[C@H](NC(=O)C(CCCC(C)N)NC(=O)OCc1ccccc1)C(=O)CSCc1ccco1.Cl. The van der Waals surface area contributed by atoms with Crippen LogP contribution in [-0.2, 0) is 26.7 Å². The van der Waals surface area contributed by atoms with Crippen molar-refractivity contribution >= 4 is 42.0 Å². The van der Waals surface area contributed by atoms with E-state index in [9.17, 15) is 14.4 Å². The van der Waals surface area contributed by atoms with Crippen LogP contribution in [0, 0.1) is 0 Å². The molecule has 37 heavy (non-hydrogen) atoms. The lowest BCUT2D eigenvalue weighted by Gasteiger charge is -2.23. The average Bonchev–Trinajstić information content (AvgIpc) is 3.38. The number of Topliss-reactive ketones (excluding diaryl/α,β-unsaturated/α-hetero) is 1. The second-order valence-corrected chi connectivity index (χ2v) is 9.89. The number of nitrogens with one attached hydrogen (secondary N) is 2. The van der Waals surface area contributed by atoms with Crippen molar-refractivity contribution in [2.24, 2.45) is 5.73 Å². The molecule has 0 fully saturated rings. The normalized spacial score (nSPS) is 13.1. The predicted octanol–water partition coefficient (Wildman–Crippen LogP) is 4.99. The molecule has 1 aromatic carbocycles. The van der Waals surface area contributed by atoms with Gasteiger partial charge in [0.05, 0.1) is 23.8 Å². The number of carbonyl (C=O) groups is 3. The highest BCUT2D eigenvalue weighted by atomic mass is 35.5. The maximum atomic E-state index is 13.2. The monoisotopic (exact) mass is 553 g/mol. The predicted molar refractivity (Wildman–Crippen MR) is 150 cm³/mol. The number of benzene rings is 1. The van der Waals surface area contributed by atoms with Gasteiger partial charge in [-0.05, 0) is 50.3 Å². The third kappa shape index (κ3) is 13.6. The van der Waals surface area contributed by atoms with E-state index < -0.39 is 18.2 Å². The van der Waals surface area contributed by atoms with Gasteiger partial charge in [0, 0.05) is 6.04 Å². The van der Waals surface area contributed by atoms with Gasteiger partial charge in [-0.2, -0.15) is 0 Å². The average molecular weight is 554 g/mol. The number of thioether (sulfide) groups is 1. The lowest BCUT2D eigenvalue weighted by atomic mass is 10.0. The molecule has 2 unspecified atom stereocenters. The topological polar surface area (TPSA) is 124 Å². The van der Waals surface area contributed by atoms with Crippen molar-refractivity contribution in [3.8, 4) is 0 Å².